The van der Waals surface area contributed by atoms with Crippen molar-refractivity contribution in [1.29, 1.82) is 0 Å². The van der Waals surface area contributed by atoms with Crippen LogP contribution in [-0.4, -0.2) is 48.7 Å². The molecule has 26 heavy (non-hydrogen) atoms. The summed E-state index contributed by atoms with van der Waals surface area (Å²) in [6.45, 7) is 8.25. The number of benzene rings is 1. The second-order valence-corrected chi connectivity index (χ2v) is 7.52. The van der Waals surface area contributed by atoms with E-state index in [0.29, 0.717) is 25.6 Å². The molecule has 0 unspecified atom stereocenters. The van der Waals surface area contributed by atoms with Crippen LogP contribution in [0.5, 0.6) is 0 Å². The van der Waals surface area contributed by atoms with Crippen LogP contribution in [0, 0.1) is 5.92 Å². The van der Waals surface area contributed by atoms with E-state index in [1.165, 1.54) is 0 Å². The van der Waals surface area contributed by atoms with Gasteiger partial charge in [-0.1, -0.05) is 44.2 Å². The van der Waals surface area contributed by atoms with E-state index in [9.17, 15) is 9.59 Å². The number of carbonyl (C=O) groups excluding carboxylic acids is 2. The van der Waals surface area contributed by atoms with E-state index >= 15 is 0 Å². The molecule has 6 nitrogen and oxygen atoms in total. The molecule has 0 atom stereocenters. The zero-order valence-electron chi connectivity index (χ0n) is 16.0. The van der Waals surface area contributed by atoms with Crippen molar-refractivity contribution in [2.24, 2.45) is 5.92 Å². The van der Waals surface area contributed by atoms with Crippen LogP contribution in [0.2, 0.25) is 0 Å². The van der Waals surface area contributed by atoms with Crippen LogP contribution in [0.3, 0.4) is 0 Å². The molecule has 0 aromatic heterocycles. The number of esters is 1. The van der Waals surface area contributed by atoms with Gasteiger partial charge in [-0.25, -0.2) is 4.79 Å². The van der Waals surface area contributed by atoms with Crippen molar-refractivity contribution in [2.75, 3.05) is 26.2 Å². The van der Waals surface area contributed by atoms with E-state index in [0.717, 1.165) is 18.4 Å². The molecule has 0 spiro atoms. The summed E-state index contributed by atoms with van der Waals surface area (Å²) in [6.07, 6.45) is 1.30. The average molecular weight is 362 g/mol. The fourth-order valence-electron chi connectivity index (χ4n) is 2.76. The van der Waals surface area contributed by atoms with Gasteiger partial charge in [0.2, 0.25) is 0 Å². The summed E-state index contributed by atoms with van der Waals surface area (Å²) in [4.78, 5) is 25.7. The third-order valence-corrected chi connectivity index (χ3v) is 4.57. The number of piperidine rings is 1. The van der Waals surface area contributed by atoms with E-state index in [4.69, 9.17) is 9.47 Å². The van der Waals surface area contributed by atoms with Crippen LogP contribution in [-0.2, 0) is 20.9 Å². The van der Waals surface area contributed by atoms with Crippen molar-refractivity contribution in [3.05, 3.63) is 35.9 Å². The first-order valence-electron chi connectivity index (χ1n) is 9.24. The van der Waals surface area contributed by atoms with Crippen molar-refractivity contribution < 1.29 is 19.1 Å². The van der Waals surface area contributed by atoms with Crippen LogP contribution < -0.4 is 5.32 Å². The number of likely N-dealkylation sites (tertiary alicyclic amines) is 1. The van der Waals surface area contributed by atoms with Crippen LogP contribution >= 0.6 is 0 Å². The second-order valence-electron chi connectivity index (χ2n) is 7.52. The maximum Gasteiger partial charge on any atom is 0.409 e. The lowest BCUT2D eigenvalue weighted by atomic mass is 9.90. The van der Waals surface area contributed by atoms with Crippen molar-refractivity contribution in [1.82, 2.24) is 10.2 Å². The molecule has 1 heterocycles. The quantitative estimate of drug-likeness (QED) is 0.755. The molecule has 144 valence electrons. The zero-order chi connectivity index (χ0) is 19.0. The maximum atomic E-state index is 12.0. The van der Waals surface area contributed by atoms with E-state index in [1.54, 1.807) is 4.90 Å². The Morgan fingerprint density at radius 2 is 1.81 bits per heavy atom. The second kappa shape index (κ2) is 9.57. The highest BCUT2D eigenvalue weighted by atomic mass is 16.6. The summed E-state index contributed by atoms with van der Waals surface area (Å²) >= 11 is 0. The summed E-state index contributed by atoms with van der Waals surface area (Å²) in [5, 5.41) is 3.29. The minimum Gasteiger partial charge on any atom is -0.460 e. The van der Waals surface area contributed by atoms with Gasteiger partial charge in [0.05, 0.1) is 13.2 Å². The predicted octanol–water partition coefficient (Wildman–Crippen LogP) is 2.97. The van der Waals surface area contributed by atoms with Crippen LogP contribution in [0.4, 0.5) is 4.79 Å². The molecule has 1 N–H and O–H groups in total. The summed E-state index contributed by atoms with van der Waals surface area (Å²) in [5.41, 5.74) is 0.793. The number of amides is 1. The lowest BCUT2D eigenvalue weighted by Gasteiger charge is -2.39. The molecule has 0 bridgehead atoms. The molecule has 1 aliphatic rings. The van der Waals surface area contributed by atoms with E-state index < -0.39 is 0 Å². The lowest BCUT2D eigenvalue weighted by Crippen LogP contribution is -2.54. The molecule has 0 radical (unpaired) electrons. The van der Waals surface area contributed by atoms with Gasteiger partial charge >= 0.3 is 12.1 Å². The summed E-state index contributed by atoms with van der Waals surface area (Å²) < 4.78 is 10.6. The average Bonchev–Trinajstić information content (AvgIpc) is 2.64. The third kappa shape index (κ3) is 6.67. The first-order valence-corrected chi connectivity index (χ1v) is 9.24. The first kappa shape index (κ1) is 20.2. The third-order valence-electron chi connectivity index (χ3n) is 4.57. The van der Waals surface area contributed by atoms with Crippen LogP contribution in [0.15, 0.2) is 30.3 Å². The fourth-order valence-corrected chi connectivity index (χ4v) is 2.76. The van der Waals surface area contributed by atoms with Gasteiger partial charge in [0.15, 0.2) is 0 Å². The molecular formula is C20H30N2O4. The van der Waals surface area contributed by atoms with Crippen LogP contribution in [0.1, 0.15) is 39.2 Å². The molecule has 2 rings (SSSR count). The largest absolute Gasteiger partial charge is 0.460 e. The molecule has 6 heteroatoms. The van der Waals surface area contributed by atoms with Crippen molar-refractivity contribution in [2.45, 2.75) is 45.8 Å². The Kier molecular flexibility index (Phi) is 7.45. The monoisotopic (exact) mass is 362 g/mol. The highest BCUT2D eigenvalue weighted by Crippen LogP contribution is 2.22. The number of nitrogens with one attached hydrogen (secondary N) is 1. The van der Waals surface area contributed by atoms with Crippen molar-refractivity contribution in [3.63, 3.8) is 0 Å². The van der Waals surface area contributed by atoms with Gasteiger partial charge in [-0.2, -0.15) is 0 Å². The Bertz CT molecular complexity index is 581. The first-order chi connectivity index (χ1) is 12.4. The van der Waals surface area contributed by atoms with Gasteiger partial charge < -0.3 is 19.7 Å². The van der Waals surface area contributed by atoms with E-state index in [1.807, 2.05) is 44.2 Å². The minimum atomic E-state index is -0.270. The number of hydrogen-bond donors (Lipinski definition) is 1. The SMILES string of the molecule is CC(C)COC(=O)N1CCC(C)(NCC(=O)OCc2ccccc2)CC1. The Balaban J connectivity index is 1.68. The summed E-state index contributed by atoms with van der Waals surface area (Å²) in [5.74, 6) is 0.0615. The topological polar surface area (TPSA) is 67.9 Å². The molecular weight excluding hydrogens is 332 g/mol. The Hall–Kier alpha value is -2.08. The highest BCUT2D eigenvalue weighted by Gasteiger charge is 2.32. The zero-order valence-corrected chi connectivity index (χ0v) is 16.0. The molecule has 1 saturated heterocycles. The molecule has 1 aliphatic heterocycles. The molecule has 1 amide bonds. The number of rotatable bonds is 7. The standard InChI is InChI=1S/C20H30N2O4/c1-16(2)14-26-19(24)22-11-9-20(3,10-12-22)21-13-18(23)25-15-17-7-5-4-6-8-17/h4-8,16,21H,9-15H2,1-3H3. The van der Waals surface area contributed by atoms with Gasteiger partial charge in [0.25, 0.3) is 0 Å². The van der Waals surface area contributed by atoms with Crippen LogP contribution in [0.25, 0.3) is 0 Å². The van der Waals surface area contributed by atoms with E-state index in [2.05, 4.69) is 12.2 Å². The van der Waals surface area contributed by atoms with Gasteiger partial charge in [-0.3, -0.25) is 4.79 Å². The van der Waals surface area contributed by atoms with Gasteiger partial charge in [0, 0.05) is 18.6 Å². The van der Waals surface area contributed by atoms with Crippen molar-refractivity contribution >= 4 is 12.1 Å². The maximum absolute atomic E-state index is 12.0. The number of hydrogen-bond acceptors (Lipinski definition) is 5. The number of carbonyl (C=O) groups is 2. The van der Waals surface area contributed by atoms with Crippen molar-refractivity contribution in [3.8, 4) is 0 Å². The molecule has 1 fully saturated rings. The molecule has 0 aliphatic carbocycles. The Morgan fingerprint density at radius 1 is 1.15 bits per heavy atom. The summed E-state index contributed by atoms with van der Waals surface area (Å²) in [6, 6.07) is 9.62. The normalized spacial score (nSPS) is 16.4. The lowest BCUT2D eigenvalue weighted by molar-refractivity contribution is -0.144. The van der Waals surface area contributed by atoms with Gasteiger partial charge in [-0.15, -0.1) is 0 Å². The number of ether oxygens (including phenoxy) is 2. The molecule has 1 aromatic carbocycles. The molecule has 1 aromatic rings. The smallest absolute Gasteiger partial charge is 0.409 e. The van der Waals surface area contributed by atoms with Gasteiger partial charge in [-0.05, 0) is 31.2 Å². The van der Waals surface area contributed by atoms with Gasteiger partial charge in [0.1, 0.15) is 6.61 Å². The summed E-state index contributed by atoms with van der Waals surface area (Å²) in [7, 11) is 0. The molecule has 0 saturated carbocycles. The fraction of sp³-hybridized carbons (Fsp3) is 0.600. The van der Waals surface area contributed by atoms with E-state index in [-0.39, 0.29) is 30.8 Å². The number of nitrogens with zero attached hydrogens (tertiary/aromatic N) is 1. The Labute approximate surface area is 155 Å². The highest BCUT2D eigenvalue weighted by molar-refractivity contribution is 5.71. The Morgan fingerprint density at radius 3 is 2.42 bits per heavy atom. The minimum absolute atomic E-state index is 0.168. The predicted molar refractivity (Wildman–Crippen MR) is 99.6 cm³/mol.